The number of hydrogen-bond acceptors (Lipinski definition) is 35. The maximum Gasteiger partial charge on any atom is 0.407 e. The number of carbonyl (C=O) groups is 15. The van der Waals surface area contributed by atoms with Crippen LogP contribution < -0.4 is 50.3 Å². The van der Waals surface area contributed by atoms with Gasteiger partial charge in [-0.1, -0.05) is 145 Å². The molecule has 0 saturated heterocycles. The molecule has 5 unspecified atom stereocenters. The van der Waals surface area contributed by atoms with E-state index in [4.69, 9.17) is 94.7 Å². The number of aryl methyl sites for hydroxylation is 4. The molecule has 136 heavy (non-hydrogen) atoms. The van der Waals surface area contributed by atoms with E-state index in [0.29, 0.717) is 28.7 Å². The molecule has 0 aliphatic rings. The number of nitrogens with one attached hydrogen (secondary N) is 5. The van der Waals surface area contributed by atoms with Gasteiger partial charge in [-0.15, -0.1) is 0 Å². The van der Waals surface area contributed by atoms with Crippen molar-refractivity contribution in [3.05, 3.63) is 275 Å². The lowest BCUT2D eigenvalue weighted by Crippen LogP contribution is -2.36. The van der Waals surface area contributed by atoms with Crippen LogP contribution in [0, 0.1) is 27.7 Å². The Morgan fingerprint density at radius 3 is 0.846 bits per heavy atom. The van der Waals surface area contributed by atoms with Gasteiger partial charge in [0, 0.05) is 59.8 Å². The van der Waals surface area contributed by atoms with E-state index in [-0.39, 0.29) is 143 Å². The van der Waals surface area contributed by atoms with Crippen LogP contribution in [0.3, 0.4) is 0 Å². The first-order valence-electron chi connectivity index (χ1n) is 41.2. The standard InChI is InChI=1S/C20H25NO7.4C19H23NO7/c1-14(2)18(22)25-11-10-21-20(24)27-13-17(28-19(23)15(3)4)12-26-16-8-6-5-7-9-16;1-4-17(21)24-10-9-20-19(23)26-13-16(27-18(22)5-2)12-25-15-8-6-7-14(3)11-15;1-4-17(21)24-10-9-20-19(23)27-16(13-26-18(22)5-2)12-25-15-8-6-7-14(3)11-15;1-4-17(21)24-11-10-20-19(23)26-13-15(27-18(22)5-2)12-25-16-9-7-6-8-14(16)3;1-4-17(21)24-11-10-20-19(23)27-15(13-26-18(22)5-2)12-25-16-9-7-6-8-14(16)3/h5-9,17H,1,3,10-13H2,2,4H3,(H,21,24);2*4-8,11,16H,1-2,9-10,12-13H2,3H3,(H,20,23);2*4-9,15H,1-2,10-13H2,3H3,(H,20,23). The van der Waals surface area contributed by atoms with Crippen molar-refractivity contribution >= 4 is 90.2 Å². The van der Waals surface area contributed by atoms with Gasteiger partial charge in [-0.2, -0.15) is 0 Å². The fourth-order valence-electron chi connectivity index (χ4n) is 8.94. The number of carbonyl (C=O) groups excluding carboxylic acids is 15. The second-order valence-corrected chi connectivity index (χ2v) is 26.9. The van der Waals surface area contributed by atoms with Gasteiger partial charge < -0.3 is 121 Å². The van der Waals surface area contributed by atoms with E-state index in [1.165, 1.54) is 13.8 Å². The van der Waals surface area contributed by atoms with Crippen molar-refractivity contribution in [2.75, 3.05) is 132 Å². The Morgan fingerprint density at radius 2 is 0.529 bits per heavy atom. The minimum atomic E-state index is -0.843. The highest BCUT2D eigenvalue weighted by Crippen LogP contribution is 2.20. The van der Waals surface area contributed by atoms with Crippen molar-refractivity contribution in [1.82, 2.24) is 26.6 Å². The molecule has 0 aromatic heterocycles. The molecule has 0 radical (unpaired) electrons. The maximum absolute atomic E-state index is 11.8. The second-order valence-electron chi connectivity index (χ2n) is 26.9. The largest absolute Gasteiger partial charge is 0.490 e. The van der Waals surface area contributed by atoms with Gasteiger partial charge in [0.2, 0.25) is 0 Å². The number of alkyl carbamates (subject to hydrolysis) is 5. The van der Waals surface area contributed by atoms with Crippen molar-refractivity contribution in [1.29, 1.82) is 0 Å². The third kappa shape index (κ3) is 60.4. The highest BCUT2D eigenvalue weighted by molar-refractivity contribution is 5.88. The van der Waals surface area contributed by atoms with Crippen LogP contribution in [0.1, 0.15) is 36.1 Å². The molecule has 0 aliphatic heterocycles. The van der Waals surface area contributed by atoms with Crippen molar-refractivity contribution < 1.29 is 167 Å². The highest BCUT2D eigenvalue weighted by atomic mass is 16.6. The predicted octanol–water partition coefficient (Wildman–Crippen LogP) is 10.1. The SMILES string of the molecule is C=C(C)C(=O)OCCNC(=O)OCC(COc1ccccc1)OC(=O)C(=C)C.C=CC(=O)OCCNC(=O)OC(COC(=O)C=C)COc1cccc(C)c1.C=CC(=O)OCCNC(=O)OC(COC(=O)C=C)COc1ccccc1C.C=CC(=O)OCCNC(=O)OCC(COc1cccc(C)c1)OC(=O)C=C.C=CC(=O)OCCNC(=O)OCC(COc1ccccc1C)OC(=O)C=C. The van der Waals surface area contributed by atoms with Gasteiger partial charge in [-0.05, 0) is 112 Å². The van der Waals surface area contributed by atoms with Crippen LogP contribution in [0.15, 0.2) is 253 Å². The van der Waals surface area contributed by atoms with E-state index in [2.05, 4.69) is 92.4 Å². The lowest BCUT2D eigenvalue weighted by Gasteiger charge is -2.19. The van der Waals surface area contributed by atoms with Gasteiger partial charge >= 0.3 is 90.2 Å². The minimum absolute atomic E-state index is 0.00530. The van der Waals surface area contributed by atoms with Crippen LogP contribution in [0.4, 0.5) is 24.0 Å². The molecule has 0 spiro atoms. The first kappa shape index (κ1) is 118. The van der Waals surface area contributed by atoms with Gasteiger partial charge in [0.1, 0.15) is 128 Å². The van der Waals surface area contributed by atoms with E-state index in [1.54, 1.807) is 48.5 Å². The molecule has 5 amide bonds. The summed E-state index contributed by atoms with van der Waals surface area (Å²) in [6, 6.07) is 38.3. The van der Waals surface area contributed by atoms with Crippen LogP contribution in [0.5, 0.6) is 28.7 Å². The van der Waals surface area contributed by atoms with Gasteiger partial charge in [-0.25, -0.2) is 71.9 Å². The zero-order valence-electron chi connectivity index (χ0n) is 76.6. The molecule has 0 heterocycles. The molecule has 5 N–H and O–H groups in total. The number of ether oxygens (including phenoxy) is 20. The number of rotatable bonds is 55. The number of hydrogen-bond donors (Lipinski definition) is 5. The summed E-state index contributed by atoms with van der Waals surface area (Å²) in [5, 5.41) is 12.0. The predicted molar refractivity (Wildman–Crippen MR) is 491 cm³/mol. The summed E-state index contributed by atoms with van der Waals surface area (Å²) in [6.45, 7) is 42.9. The molecule has 40 nitrogen and oxygen atoms in total. The van der Waals surface area contributed by atoms with Crippen molar-refractivity contribution in [3.8, 4) is 28.7 Å². The molecule has 5 atom stereocenters. The molecule has 5 aromatic rings. The molecule has 40 heteroatoms. The molecule has 0 bridgehead atoms. The number of esters is 10. The highest BCUT2D eigenvalue weighted by Gasteiger charge is 2.24. The summed E-state index contributed by atoms with van der Waals surface area (Å²) in [6.07, 6.45) is 0.178. The normalized spacial score (nSPS) is 10.9. The van der Waals surface area contributed by atoms with Gasteiger partial charge in [0.25, 0.3) is 0 Å². The van der Waals surface area contributed by atoms with E-state index < -0.39 is 121 Å². The summed E-state index contributed by atoms with van der Waals surface area (Å²) in [7, 11) is 0. The van der Waals surface area contributed by atoms with Crippen LogP contribution in [-0.4, -0.2) is 253 Å². The number of amides is 5. The number of benzene rings is 5. The Morgan fingerprint density at radius 1 is 0.265 bits per heavy atom. The average Bonchev–Trinajstić information content (AvgIpc) is 0.890. The Kier molecular flexibility index (Phi) is 62.5. The smallest absolute Gasteiger partial charge is 0.407 e. The summed E-state index contributed by atoms with van der Waals surface area (Å²) in [4.78, 5) is 171. The van der Waals surface area contributed by atoms with Crippen LogP contribution in [0.2, 0.25) is 0 Å². The lowest BCUT2D eigenvalue weighted by atomic mass is 10.2. The third-order valence-corrected chi connectivity index (χ3v) is 15.6. The molecule has 736 valence electrons. The summed E-state index contributed by atoms with van der Waals surface area (Å²) in [5.41, 5.74) is 4.33. The quantitative estimate of drug-likeness (QED) is 0.0104. The summed E-state index contributed by atoms with van der Waals surface area (Å²) in [5.74, 6) is -3.09. The van der Waals surface area contributed by atoms with E-state index in [1.807, 2.05) is 107 Å². The van der Waals surface area contributed by atoms with Gasteiger partial charge in [-0.3, -0.25) is 0 Å². The van der Waals surface area contributed by atoms with E-state index >= 15 is 0 Å². The molecule has 0 fully saturated rings. The Hall–Kier alpha value is -16.5. The van der Waals surface area contributed by atoms with Gasteiger partial charge in [0.05, 0.1) is 32.7 Å². The van der Waals surface area contributed by atoms with E-state index in [0.717, 1.165) is 70.9 Å². The molecular weight excluding hydrogens is 1780 g/mol. The second kappa shape index (κ2) is 72.3. The van der Waals surface area contributed by atoms with Gasteiger partial charge in [0.15, 0.2) is 30.5 Å². The summed E-state index contributed by atoms with van der Waals surface area (Å²) < 4.78 is 102. The zero-order valence-corrected chi connectivity index (χ0v) is 76.6. The van der Waals surface area contributed by atoms with E-state index in [9.17, 15) is 71.9 Å². The minimum Gasteiger partial charge on any atom is -0.490 e. The molecule has 5 aromatic carbocycles. The zero-order chi connectivity index (χ0) is 101. The molecule has 0 saturated carbocycles. The number of para-hydroxylation sites is 3. The lowest BCUT2D eigenvalue weighted by molar-refractivity contribution is -0.148. The van der Waals surface area contributed by atoms with Crippen LogP contribution in [-0.2, 0) is 119 Å². The Balaban J connectivity index is 0.000000850. The Bertz CT molecular complexity index is 4740. The maximum atomic E-state index is 11.8. The molecular formula is C96H117N5O35. The fraction of sp³-hybridized carbons (Fsp3) is 0.323. The molecule has 0 aliphatic carbocycles. The summed E-state index contributed by atoms with van der Waals surface area (Å²) >= 11 is 0. The molecule has 5 rings (SSSR count). The first-order valence-corrected chi connectivity index (χ1v) is 41.2. The Labute approximate surface area is 787 Å². The van der Waals surface area contributed by atoms with Crippen LogP contribution >= 0.6 is 0 Å². The van der Waals surface area contributed by atoms with Crippen molar-refractivity contribution in [2.45, 2.75) is 72.1 Å². The topological polar surface area (TPSA) is 501 Å². The van der Waals surface area contributed by atoms with Crippen molar-refractivity contribution in [3.63, 3.8) is 0 Å². The first-order chi connectivity index (χ1) is 65.1. The van der Waals surface area contributed by atoms with Crippen molar-refractivity contribution in [2.24, 2.45) is 0 Å². The van der Waals surface area contributed by atoms with Crippen LogP contribution in [0.25, 0.3) is 0 Å². The average molecular weight is 1900 g/mol. The monoisotopic (exact) mass is 1900 g/mol. The fourth-order valence-corrected chi connectivity index (χ4v) is 8.94. The third-order valence-electron chi connectivity index (χ3n) is 15.6.